The molecule has 1 rings (SSSR count). The molecule has 1 aromatic rings. The van der Waals surface area contributed by atoms with Gasteiger partial charge in [-0.15, -0.1) is 12.6 Å². The van der Waals surface area contributed by atoms with Crippen molar-refractivity contribution < 1.29 is 9.53 Å². The second kappa shape index (κ2) is 5.06. The third-order valence-electron chi connectivity index (χ3n) is 1.90. The summed E-state index contributed by atoms with van der Waals surface area (Å²) >= 11 is 9.98. The van der Waals surface area contributed by atoms with Crippen LogP contribution in [-0.2, 0) is 16.0 Å². The number of thiol groups is 1. The Morgan fingerprint density at radius 1 is 1.67 bits per heavy atom. The zero-order valence-corrected chi connectivity index (χ0v) is 9.60. The van der Waals surface area contributed by atoms with E-state index in [9.17, 15) is 4.79 Å². The van der Waals surface area contributed by atoms with Gasteiger partial charge >= 0.3 is 5.97 Å². The zero-order valence-electron chi connectivity index (χ0n) is 7.95. The van der Waals surface area contributed by atoms with Gasteiger partial charge in [0, 0.05) is 4.90 Å². The standard InChI is InChI=1S/C10H8ClNO2S/c1-14-10(13)4-6-7(5-12)8(11)2-3-9(6)15/h2-3,15H,4H2,1H3. The van der Waals surface area contributed by atoms with Crippen LogP contribution >= 0.6 is 24.2 Å². The van der Waals surface area contributed by atoms with Crippen molar-refractivity contribution in [2.45, 2.75) is 11.3 Å². The number of benzene rings is 1. The highest BCUT2D eigenvalue weighted by Crippen LogP contribution is 2.25. The average molecular weight is 242 g/mol. The van der Waals surface area contributed by atoms with Gasteiger partial charge in [0.2, 0.25) is 0 Å². The molecule has 0 aliphatic rings. The van der Waals surface area contributed by atoms with Gasteiger partial charge in [0.15, 0.2) is 0 Å². The van der Waals surface area contributed by atoms with Gasteiger partial charge in [-0.1, -0.05) is 11.6 Å². The van der Waals surface area contributed by atoms with Gasteiger partial charge in [-0.05, 0) is 17.7 Å². The summed E-state index contributed by atoms with van der Waals surface area (Å²) in [6.07, 6.45) is -0.00120. The Morgan fingerprint density at radius 3 is 2.87 bits per heavy atom. The predicted molar refractivity (Wildman–Crippen MR) is 59.1 cm³/mol. The van der Waals surface area contributed by atoms with E-state index < -0.39 is 5.97 Å². The molecule has 0 saturated heterocycles. The van der Waals surface area contributed by atoms with Crippen molar-refractivity contribution in [2.75, 3.05) is 7.11 Å². The molecule has 1 aromatic carbocycles. The molecule has 0 spiro atoms. The minimum absolute atomic E-state index is 0.00120. The van der Waals surface area contributed by atoms with Crippen molar-refractivity contribution in [3.63, 3.8) is 0 Å². The van der Waals surface area contributed by atoms with Gasteiger partial charge in [0.1, 0.15) is 6.07 Å². The SMILES string of the molecule is COC(=O)Cc1c(S)ccc(Cl)c1C#N. The summed E-state index contributed by atoms with van der Waals surface area (Å²) < 4.78 is 4.52. The van der Waals surface area contributed by atoms with E-state index in [1.165, 1.54) is 7.11 Å². The Balaban J connectivity index is 3.21. The van der Waals surface area contributed by atoms with E-state index in [4.69, 9.17) is 16.9 Å². The molecule has 0 unspecified atom stereocenters. The van der Waals surface area contributed by atoms with E-state index in [1.807, 2.05) is 6.07 Å². The fraction of sp³-hybridized carbons (Fsp3) is 0.200. The topological polar surface area (TPSA) is 50.1 Å². The molecule has 0 aliphatic carbocycles. The fourth-order valence-electron chi connectivity index (χ4n) is 1.12. The molecule has 78 valence electrons. The molecule has 0 N–H and O–H groups in total. The number of nitrogens with zero attached hydrogens (tertiary/aromatic N) is 1. The summed E-state index contributed by atoms with van der Waals surface area (Å²) in [7, 11) is 1.29. The van der Waals surface area contributed by atoms with Gasteiger partial charge in [-0.3, -0.25) is 4.79 Å². The first-order valence-corrected chi connectivity index (χ1v) is 4.90. The Kier molecular flexibility index (Phi) is 4.01. The lowest BCUT2D eigenvalue weighted by molar-refractivity contribution is -0.139. The van der Waals surface area contributed by atoms with Crippen molar-refractivity contribution in [2.24, 2.45) is 0 Å². The van der Waals surface area contributed by atoms with E-state index in [0.717, 1.165) is 0 Å². The smallest absolute Gasteiger partial charge is 0.310 e. The van der Waals surface area contributed by atoms with Crippen molar-refractivity contribution in [3.05, 3.63) is 28.3 Å². The Morgan fingerprint density at radius 2 is 2.33 bits per heavy atom. The zero-order chi connectivity index (χ0) is 11.4. The molecular formula is C10H8ClNO2S. The van der Waals surface area contributed by atoms with Gasteiger partial charge in [-0.25, -0.2) is 0 Å². The van der Waals surface area contributed by atoms with Crippen molar-refractivity contribution in [1.82, 2.24) is 0 Å². The summed E-state index contributed by atoms with van der Waals surface area (Å²) in [4.78, 5) is 11.7. The molecule has 0 saturated carbocycles. The number of hydrogen-bond acceptors (Lipinski definition) is 4. The first-order chi connectivity index (χ1) is 7.10. The molecule has 0 aliphatic heterocycles. The van der Waals surface area contributed by atoms with Crippen LogP contribution in [0.1, 0.15) is 11.1 Å². The second-order valence-electron chi connectivity index (χ2n) is 2.78. The van der Waals surface area contributed by atoms with Gasteiger partial charge in [0.25, 0.3) is 0 Å². The highest BCUT2D eigenvalue weighted by Gasteiger charge is 2.14. The van der Waals surface area contributed by atoms with Gasteiger partial charge in [-0.2, -0.15) is 5.26 Å². The van der Waals surface area contributed by atoms with Crippen molar-refractivity contribution in [1.29, 1.82) is 5.26 Å². The number of halogens is 1. The molecule has 3 nitrogen and oxygen atoms in total. The van der Waals surface area contributed by atoms with E-state index in [1.54, 1.807) is 12.1 Å². The second-order valence-corrected chi connectivity index (χ2v) is 3.67. The normalized spacial score (nSPS) is 9.47. The first kappa shape index (κ1) is 11.9. The molecule has 0 radical (unpaired) electrons. The third-order valence-corrected chi connectivity index (χ3v) is 2.63. The summed E-state index contributed by atoms with van der Waals surface area (Å²) in [6.45, 7) is 0. The number of nitriles is 1. The minimum atomic E-state index is -0.427. The molecule has 0 fully saturated rings. The predicted octanol–water partition coefficient (Wildman–Crippen LogP) is 2.22. The number of rotatable bonds is 2. The van der Waals surface area contributed by atoms with Crippen LogP contribution in [0, 0.1) is 11.3 Å². The maximum Gasteiger partial charge on any atom is 0.310 e. The van der Waals surface area contributed by atoms with Crippen LogP contribution in [0.5, 0.6) is 0 Å². The van der Waals surface area contributed by atoms with Gasteiger partial charge in [0.05, 0.1) is 24.1 Å². The molecular weight excluding hydrogens is 234 g/mol. The molecule has 0 heterocycles. The summed E-state index contributed by atoms with van der Waals surface area (Å²) in [6, 6.07) is 5.16. The number of carbonyl (C=O) groups excluding carboxylic acids is 1. The molecule has 0 amide bonds. The third kappa shape index (κ3) is 2.65. The van der Waals surface area contributed by atoms with Crippen LogP contribution in [0.25, 0.3) is 0 Å². The van der Waals surface area contributed by atoms with E-state index in [2.05, 4.69) is 17.4 Å². The van der Waals surface area contributed by atoms with E-state index >= 15 is 0 Å². The molecule has 15 heavy (non-hydrogen) atoms. The maximum atomic E-state index is 11.1. The average Bonchev–Trinajstić information content (AvgIpc) is 2.23. The molecule has 0 bridgehead atoms. The van der Waals surface area contributed by atoms with Crippen LogP contribution in [0.2, 0.25) is 5.02 Å². The molecule has 0 atom stereocenters. The number of carbonyl (C=O) groups is 1. The number of esters is 1. The summed E-state index contributed by atoms with van der Waals surface area (Å²) in [5.41, 5.74) is 0.773. The summed E-state index contributed by atoms with van der Waals surface area (Å²) in [5.74, 6) is -0.427. The Hall–Kier alpha value is -1.18. The Bertz CT molecular complexity index is 440. The van der Waals surface area contributed by atoms with Crippen molar-refractivity contribution >= 4 is 30.2 Å². The lowest BCUT2D eigenvalue weighted by atomic mass is 10.1. The first-order valence-electron chi connectivity index (χ1n) is 4.07. The lowest BCUT2D eigenvalue weighted by Gasteiger charge is -2.07. The highest BCUT2D eigenvalue weighted by atomic mass is 35.5. The van der Waals surface area contributed by atoms with Crippen LogP contribution in [0.3, 0.4) is 0 Å². The van der Waals surface area contributed by atoms with Gasteiger partial charge < -0.3 is 4.74 Å². The Labute approximate surface area is 98.0 Å². The van der Waals surface area contributed by atoms with E-state index in [0.29, 0.717) is 15.5 Å². The van der Waals surface area contributed by atoms with Crippen LogP contribution in [0.15, 0.2) is 17.0 Å². The van der Waals surface area contributed by atoms with Crippen LogP contribution in [-0.4, -0.2) is 13.1 Å². The quantitative estimate of drug-likeness (QED) is 0.638. The van der Waals surface area contributed by atoms with E-state index in [-0.39, 0.29) is 12.0 Å². The minimum Gasteiger partial charge on any atom is -0.469 e. The number of hydrogen-bond donors (Lipinski definition) is 1. The monoisotopic (exact) mass is 241 g/mol. The van der Waals surface area contributed by atoms with Crippen LogP contribution < -0.4 is 0 Å². The maximum absolute atomic E-state index is 11.1. The van der Waals surface area contributed by atoms with Crippen LogP contribution in [0.4, 0.5) is 0 Å². The molecule has 5 heteroatoms. The number of methoxy groups -OCH3 is 1. The largest absolute Gasteiger partial charge is 0.469 e. The fourth-order valence-corrected chi connectivity index (χ4v) is 1.61. The van der Waals surface area contributed by atoms with Crippen molar-refractivity contribution in [3.8, 4) is 6.07 Å². The molecule has 0 aromatic heterocycles. The highest BCUT2D eigenvalue weighted by molar-refractivity contribution is 7.80. The lowest BCUT2D eigenvalue weighted by Crippen LogP contribution is -2.07. The number of ether oxygens (including phenoxy) is 1. The summed E-state index contributed by atoms with van der Waals surface area (Å²) in [5, 5.41) is 9.20.